The molecule has 0 bridgehead atoms. The molecule has 0 fully saturated rings. The van der Waals surface area contributed by atoms with E-state index in [1.807, 2.05) is 6.92 Å². The van der Waals surface area contributed by atoms with Gasteiger partial charge in [0.1, 0.15) is 4.21 Å². The molecule has 20 heavy (non-hydrogen) atoms. The summed E-state index contributed by atoms with van der Waals surface area (Å²) >= 11 is 1.11. The number of thiophene rings is 1. The molecule has 2 N–H and O–H groups in total. The molecule has 0 saturated heterocycles. The van der Waals surface area contributed by atoms with E-state index in [-0.39, 0.29) is 17.2 Å². The van der Waals surface area contributed by atoms with Crippen LogP contribution in [0.25, 0.3) is 0 Å². The van der Waals surface area contributed by atoms with E-state index in [0.717, 1.165) is 22.8 Å². The maximum absolute atomic E-state index is 11.9. The van der Waals surface area contributed by atoms with Crippen LogP contribution in [-0.2, 0) is 16.6 Å². The minimum atomic E-state index is -4.26. The molecule has 0 aliphatic carbocycles. The largest absolute Gasteiger partial charge is 0.389 e. The minimum absolute atomic E-state index is 0.123. The Morgan fingerprint density at radius 2 is 2.00 bits per heavy atom. The molecule has 116 valence electrons. The summed E-state index contributed by atoms with van der Waals surface area (Å²) in [5.41, 5.74) is 0. The summed E-state index contributed by atoms with van der Waals surface area (Å²) in [6.07, 6.45) is -5.52. The van der Waals surface area contributed by atoms with E-state index in [4.69, 9.17) is 0 Å². The molecule has 4 nitrogen and oxygen atoms in total. The van der Waals surface area contributed by atoms with Gasteiger partial charge in [0.2, 0.25) is 10.0 Å². The summed E-state index contributed by atoms with van der Waals surface area (Å²) in [5, 5.41) is 3.07. The Hall–Kier alpha value is -0.640. The van der Waals surface area contributed by atoms with E-state index in [0.29, 0.717) is 6.54 Å². The van der Waals surface area contributed by atoms with Gasteiger partial charge in [-0.3, -0.25) is 0 Å². The molecule has 1 aromatic rings. The van der Waals surface area contributed by atoms with E-state index in [1.165, 1.54) is 6.07 Å². The van der Waals surface area contributed by atoms with Crippen LogP contribution in [0, 0.1) is 0 Å². The highest BCUT2D eigenvalue weighted by molar-refractivity contribution is 7.91. The normalized spacial score (nSPS) is 12.8. The fourth-order valence-corrected chi connectivity index (χ4v) is 3.86. The van der Waals surface area contributed by atoms with Gasteiger partial charge in [-0.05, 0) is 25.1 Å². The molecule has 9 heteroatoms. The molecular weight excluding hydrogens is 313 g/mol. The zero-order valence-electron chi connectivity index (χ0n) is 11.0. The van der Waals surface area contributed by atoms with Gasteiger partial charge in [0, 0.05) is 24.4 Å². The first-order valence-corrected chi connectivity index (χ1v) is 8.40. The van der Waals surface area contributed by atoms with Crippen LogP contribution in [0.5, 0.6) is 0 Å². The van der Waals surface area contributed by atoms with Crippen molar-refractivity contribution >= 4 is 21.4 Å². The average molecular weight is 330 g/mol. The third-order valence-corrected chi connectivity index (χ3v) is 5.42. The number of hydrogen-bond donors (Lipinski definition) is 2. The van der Waals surface area contributed by atoms with Crippen molar-refractivity contribution in [1.82, 2.24) is 10.0 Å². The van der Waals surface area contributed by atoms with Gasteiger partial charge in [-0.1, -0.05) is 6.92 Å². The molecule has 1 aromatic heterocycles. The Bertz CT molecular complexity index is 512. The van der Waals surface area contributed by atoms with Crippen LogP contribution in [-0.4, -0.2) is 27.7 Å². The summed E-state index contributed by atoms with van der Waals surface area (Å²) in [4.78, 5) is 0.863. The topological polar surface area (TPSA) is 58.2 Å². The number of nitrogens with one attached hydrogen (secondary N) is 2. The van der Waals surface area contributed by atoms with Crippen LogP contribution < -0.4 is 10.0 Å². The van der Waals surface area contributed by atoms with Gasteiger partial charge < -0.3 is 5.32 Å². The lowest BCUT2D eigenvalue weighted by atomic mass is 10.3. The Kier molecular flexibility index (Phi) is 6.44. The van der Waals surface area contributed by atoms with Crippen LogP contribution in [0.1, 0.15) is 24.6 Å². The van der Waals surface area contributed by atoms with Crippen molar-refractivity contribution in [3.63, 3.8) is 0 Å². The molecule has 0 amide bonds. The van der Waals surface area contributed by atoms with E-state index in [9.17, 15) is 21.6 Å². The van der Waals surface area contributed by atoms with E-state index in [1.54, 1.807) is 6.07 Å². The minimum Gasteiger partial charge on any atom is -0.312 e. The van der Waals surface area contributed by atoms with Gasteiger partial charge in [0.15, 0.2) is 0 Å². The molecule has 0 radical (unpaired) electrons. The van der Waals surface area contributed by atoms with E-state index >= 15 is 0 Å². The summed E-state index contributed by atoms with van der Waals surface area (Å²) in [5.74, 6) is 0. The molecular formula is C11H17F3N2O2S2. The van der Waals surface area contributed by atoms with Crippen LogP contribution in [0.3, 0.4) is 0 Å². The smallest absolute Gasteiger partial charge is 0.312 e. The summed E-state index contributed by atoms with van der Waals surface area (Å²) in [6.45, 7) is 3.07. The van der Waals surface area contributed by atoms with Gasteiger partial charge in [-0.25, -0.2) is 13.1 Å². The average Bonchev–Trinajstić information content (AvgIpc) is 2.80. The van der Waals surface area contributed by atoms with Crippen molar-refractivity contribution < 1.29 is 21.6 Å². The number of alkyl halides is 3. The highest BCUT2D eigenvalue weighted by Gasteiger charge is 2.26. The number of rotatable bonds is 8. The predicted octanol–water partition coefficient (Wildman–Crippen LogP) is 2.48. The van der Waals surface area contributed by atoms with E-state index < -0.39 is 22.6 Å². The van der Waals surface area contributed by atoms with Gasteiger partial charge in [-0.15, -0.1) is 11.3 Å². The fraction of sp³-hybridized carbons (Fsp3) is 0.636. The van der Waals surface area contributed by atoms with E-state index in [2.05, 4.69) is 10.0 Å². The van der Waals surface area contributed by atoms with Crippen LogP contribution in [0.2, 0.25) is 0 Å². The Morgan fingerprint density at radius 3 is 2.60 bits per heavy atom. The maximum Gasteiger partial charge on any atom is 0.389 e. The lowest BCUT2D eigenvalue weighted by Crippen LogP contribution is -2.25. The predicted molar refractivity (Wildman–Crippen MR) is 72.2 cm³/mol. The first-order chi connectivity index (χ1) is 9.24. The van der Waals surface area contributed by atoms with Crippen molar-refractivity contribution in [2.24, 2.45) is 0 Å². The zero-order valence-corrected chi connectivity index (χ0v) is 12.6. The van der Waals surface area contributed by atoms with Crippen LogP contribution >= 0.6 is 11.3 Å². The second-order valence-corrected chi connectivity index (χ2v) is 7.28. The fourth-order valence-electron chi connectivity index (χ4n) is 1.41. The van der Waals surface area contributed by atoms with Crippen LogP contribution in [0.4, 0.5) is 13.2 Å². The summed E-state index contributed by atoms with van der Waals surface area (Å²) in [7, 11) is -3.71. The SMILES string of the molecule is CCNCc1ccc(S(=O)(=O)NCCCC(F)(F)F)s1. The zero-order chi connectivity index (χ0) is 15.2. The molecule has 0 atom stereocenters. The molecule has 0 spiro atoms. The Morgan fingerprint density at radius 1 is 1.30 bits per heavy atom. The number of halogens is 3. The van der Waals surface area contributed by atoms with Gasteiger partial charge in [0.25, 0.3) is 0 Å². The Balaban J connectivity index is 2.49. The van der Waals surface area contributed by atoms with Crippen molar-refractivity contribution in [3.8, 4) is 0 Å². The third-order valence-electron chi connectivity index (χ3n) is 2.38. The van der Waals surface area contributed by atoms with Gasteiger partial charge in [-0.2, -0.15) is 13.2 Å². The van der Waals surface area contributed by atoms with Crippen molar-refractivity contribution in [2.45, 2.75) is 36.7 Å². The second-order valence-electron chi connectivity index (χ2n) is 4.12. The molecule has 0 saturated carbocycles. The molecule has 0 aliphatic rings. The first-order valence-electron chi connectivity index (χ1n) is 6.10. The van der Waals surface area contributed by atoms with Gasteiger partial charge in [0.05, 0.1) is 0 Å². The standard InChI is InChI=1S/C11H17F3N2O2S2/c1-2-15-8-9-4-5-10(19-9)20(17,18)16-7-3-6-11(12,13)14/h4-5,15-16H,2-3,6-8H2,1H3. The highest BCUT2D eigenvalue weighted by atomic mass is 32.2. The number of sulfonamides is 1. The summed E-state index contributed by atoms with van der Waals surface area (Å²) < 4.78 is 61.8. The van der Waals surface area contributed by atoms with Crippen molar-refractivity contribution in [2.75, 3.05) is 13.1 Å². The second kappa shape index (κ2) is 7.39. The maximum atomic E-state index is 11.9. The van der Waals surface area contributed by atoms with Crippen LogP contribution in [0.15, 0.2) is 16.3 Å². The molecule has 0 aromatic carbocycles. The Labute approximate surface area is 120 Å². The van der Waals surface area contributed by atoms with Gasteiger partial charge >= 0.3 is 6.18 Å². The molecule has 1 heterocycles. The monoisotopic (exact) mass is 330 g/mol. The first kappa shape index (κ1) is 17.4. The van der Waals surface area contributed by atoms with Crippen molar-refractivity contribution in [1.29, 1.82) is 0 Å². The highest BCUT2D eigenvalue weighted by Crippen LogP contribution is 2.23. The molecule has 0 unspecified atom stereocenters. The summed E-state index contributed by atoms with van der Waals surface area (Å²) in [6, 6.07) is 3.15. The van der Waals surface area contributed by atoms with Crippen molar-refractivity contribution in [3.05, 3.63) is 17.0 Å². The molecule has 0 aliphatic heterocycles. The lowest BCUT2D eigenvalue weighted by molar-refractivity contribution is -0.135. The lowest BCUT2D eigenvalue weighted by Gasteiger charge is -2.07. The number of hydrogen-bond acceptors (Lipinski definition) is 4. The molecule has 1 rings (SSSR count). The third kappa shape index (κ3) is 6.21. The quantitative estimate of drug-likeness (QED) is 0.720.